The van der Waals surface area contributed by atoms with Crippen molar-refractivity contribution >= 4 is 22.3 Å². The van der Waals surface area contributed by atoms with Crippen LogP contribution in [0.15, 0.2) is 60.8 Å². The summed E-state index contributed by atoms with van der Waals surface area (Å²) in [6.07, 6.45) is 1.81. The van der Waals surface area contributed by atoms with Gasteiger partial charge in [-0.1, -0.05) is 24.3 Å². The molecule has 0 unspecified atom stereocenters. The fourth-order valence-electron chi connectivity index (χ4n) is 3.26. The molecule has 0 bridgehead atoms. The summed E-state index contributed by atoms with van der Waals surface area (Å²) in [7, 11) is 0. The summed E-state index contributed by atoms with van der Waals surface area (Å²) >= 11 is -1.46. The fraction of sp³-hybridized carbons (Fsp3) is 0.292. The van der Waals surface area contributed by atoms with Gasteiger partial charge in [0.05, 0.1) is 23.1 Å². The molecule has 3 heterocycles. The molecule has 0 saturated carbocycles. The number of aliphatic hydroxyl groups is 1. The Hall–Kier alpha value is -2.78. The van der Waals surface area contributed by atoms with Crippen molar-refractivity contribution in [3.8, 4) is 17.1 Å². The number of nitrogens with zero attached hydrogens (tertiary/aromatic N) is 4. The van der Waals surface area contributed by atoms with Crippen molar-refractivity contribution in [2.45, 2.75) is 45.1 Å². The predicted octanol–water partition coefficient (Wildman–Crippen LogP) is 4.01. The lowest BCUT2D eigenvalue weighted by Crippen LogP contribution is -2.50. The molecule has 1 aromatic carbocycles. The van der Waals surface area contributed by atoms with Gasteiger partial charge in [-0.05, 0) is 65.0 Å². The van der Waals surface area contributed by atoms with Crippen LogP contribution in [0, 0.1) is 6.92 Å². The number of rotatable bonds is 5. The summed E-state index contributed by atoms with van der Waals surface area (Å²) in [5.41, 5.74) is 2.23. The summed E-state index contributed by atoms with van der Waals surface area (Å²) < 4.78 is 16.6. The highest BCUT2D eigenvalue weighted by atomic mass is 32.2. The molecule has 166 valence electrons. The Labute approximate surface area is 190 Å². The van der Waals surface area contributed by atoms with Gasteiger partial charge < -0.3 is 9.66 Å². The first kappa shape index (κ1) is 22.4. The molecular formula is C24H27N5O2S. The Balaban J connectivity index is 1.72. The van der Waals surface area contributed by atoms with Crippen LogP contribution in [-0.2, 0) is 17.1 Å². The van der Waals surface area contributed by atoms with Crippen LogP contribution in [0.5, 0.6) is 0 Å². The van der Waals surface area contributed by atoms with Crippen LogP contribution in [0.1, 0.15) is 39.1 Å². The number of aromatic nitrogens is 4. The molecule has 8 heteroatoms. The highest BCUT2D eigenvalue weighted by Gasteiger charge is 2.36. The molecule has 4 aromatic rings. The third kappa shape index (κ3) is 4.54. The van der Waals surface area contributed by atoms with Crippen LogP contribution in [0.2, 0.25) is 0 Å². The Morgan fingerprint density at radius 3 is 2.47 bits per heavy atom. The highest BCUT2D eigenvalue weighted by molar-refractivity contribution is 7.90. The molecule has 0 aliphatic carbocycles. The molecule has 0 aliphatic heterocycles. The van der Waals surface area contributed by atoms with Crippen molar-refractivity contribution in [2.24, 2.45) is 0 Å². The van der Waals surface area contributed by atoms with E-state index in [1.807, 2.05) is 82.4 Å². The third-order valence-corrected chi connectivity index (χ3v) is 6.75. The maximum Gasteiger partial charge on any atom is 0.197 e. The van der Waals surface area contributed by atoms with E-state index in [0.29, 0.717) is 11.4 Å². The molecule has 2 atom stereocenters. The molecule has 0 fully saturated rings. The van der Waals surface area contributed by atoms with Crippen LogP contribution < -0.4 is 4.72 Å². The number of fused-ring (bicyclic) bond motifs is 1. The standard InChI is InChI=1S/C24H27N5O2S/c1-16-8-6-11-22(26-16)29-20-14-17(12-13-18(20)15-25-29)19-9-7-10-21(27-19)24(5,30)28-32(31)23(2,3)4/h6-15,28,30H,1-5H3/t24-,32+/m0/s1. The minimum absolute atomic E-state index is 0.390. The molecule has 0 amide bonds. The highest BCUT2D eigenvalue weighted by Crippen LogP contribution is 2.27. The van der Waals surface area contributed by atoms with Gasteiger partial charge in [-0.15, -0.1) is 4.72 Å². The normalized spacial score (nSPS) is 15.0. The lowest BCUT2D eigenvalue weighted by atomic mass is 10.1. The smallest absolute Gasteiger partial charge is 0.197 e. The monoisotopic (exact) mass is 449 g/mol. The summed E-state index contributed by atoms with van der Waals surface area (Å²) in [5.74, 6) is 0.746. The number of nitrogens with one attached hydrogen (secondary N) is 1. The van der Waals surface area contributed by atoms with Gasteiger partial charge in [0, 0.05) is 28.0 Å². The van der Waals surface area contributed by atoms with Crippen molar-refractivity contribution in [1.82, 2.24) is 24.5 Å². The Morgan fingerprint density at radius 1 is 1.00 bits per heavy atom. The second kappa shape index (κ2) is 8.29. The van der Waals surface area contributed by atoms with Crippen LogP contribution in [0.4, 0.5) is 0 Å². The molecule has 0 radical (unpaired) electrons. The number of pyridine rings is 2. The minimum atomic E-state index is -1.55. The second-order valence-corrected chi connectivity index (χ2v) is 10.9. The zero-order valence-electron chi connectivity index (χ0n) is 18.8. The first-order valence-electron chi connectivity index (χ1n) is 10.4. The predicted molar refractivity (Wildman–Crippen MR) is 127 cm³/mol. The number of hydrogen-bond acceptors (Lipinski definition) is 6. The molecule has 0 saturated heterocycles. The van der Waals surface area contributed by atoms with Crippen molar-refractivity contribution in [3.05, 3.63) is 72.2 Å². The Morgan fingerprint density at radius 2 is 1.75 bits per heavy atom. The number of benzene rings is 1. The number of hydrogen-bond donors (Lipinski definition) is 2. The van der Waals surface area contributed by atoms with Gasteiger partial charge in [0.15, 0.2) is 11.5 Å². The maximum absolute atomic E-state index is 12.5. The molecule has 4 rings (SSSR count). The Kier molecular flexibility index (Phi) is 5.81. The molecule has 2 N–H and O–H groups in total. The molecular weight excluding hydrogens is 422 g/mol. The van der Waals surface area contributed by atoms with E-state index < -0.39 is 21.8 Å². The van der Waals surface area contributed by atoms with Gasteiger partial charge in [-0.2, -0.15) is 5.10 Å². The number of aryl methyl sites for hydroxylation is 1. The van der Waals surface area contributed by atoms with Crippen molar-refractivity contribution < 1.29 is 9.66 Å². The lowest BCUT2D eigenvalue weighted by Gasteiger charge is -2.31. The minimum Gasteiger partial charge on any atom is -0.598 e. The van der Waals surface area contributed by atoms with E-state index in [2.05, 4.69) is 19.8 Å². The quantitative estimate of drug-likeness (QED) is 0.353. The van der Waals surface area contributed by atoms with Crippen LogP contribution in [-0.4, -0.2) is 34.2 Å². The maximum atomic E-state index is 12.5. The van der Waals surface area contributed by atoms with Gasteiger partial charge in [0.25, 0.3) is 0 Å². The van der Waals surface area contributed by atoms with E-state index >= 15 is 0 Å². The second-order valence-electron chi connectivity index (χ2n) is 8.93. The first-order valence-corrected chi connectivity index (χ1v) is 11.5. The van der Waals surface area contributed by atoms with E-state index in [-0.39, 0.29) is 0 Å². The van der Waals surface area contributed by atoms with E-state index in [1.54, 1.807) is 17.7 Å². The average Bonchev–Trinajstić information content (AvgIpc) is 3.16. The van der Waals surface area contributed by atoms with Crippen LogP contribution in [0.25, 0.3) is 28.0 Å². The van der Waals surface area contributed by atoms with Gasteiger partial charge in [-0.3, -0.25) is 0 Å². The van der Waals surface area contributed by atoms with Crippen molar-refractivity contribution in [1.29, 1.82) is 0 Å². The zero-order valence-corrected chi connectivity index (χ0v) is 19.6. The summed E-state index contributed by atoms with van der Waals surface area (Å²) in [5, 5.41) is 16.5. The van der Waals surface area contributed by atoms with Crippen molar-refractivity contribution in [3.63, 3.8) is 0 Å². The summed E-state index contributed by atoms with van der Waals surface area (Å²) in [6, 6.07) is 17.2. The lowest BCUT2D eigenvalue weighted by molar-refractivity contribution is 0.0401. The third-order valence-electron chi connectivity index (χ3n) is 5.05. The van der Waals surface area contributed by atoms with Crippen LogP contribution >= 0.6 is 0 Å². The largest absolute Gasteiger partial charge is 0.598 e. The van der Waals surface area contributed by atoms with E-state index in [4.69, 9.17) is 0 Å². The fourth-order valence-corrected chi connectivity index (χ4v) is 4.03. The van der Waals surface area contributed by atoms with Gasteiger partial charge in [0.1, 0.15) is 4.75 Å². The summed E-state index contributed by atoms with van der Waals surface area (Å²) in [4.78, 5) is 9.24. The van der Waals surface area contributed by atoms with Crippen molar-refractivity contribution in [2.75, 3.05) is 0 Å². The molecule has 0 spiro atoms. The van der Waals surface area contributed by atoms with Gasteiger partial charge in [0.2, 0.25) is 0 Å². The molecule has 0 aliphatic rings. The first-order chi connectivity index (χ1) is 15.0. The summed E-state index contributed by atoms with van der Waals surface area (Å²) in [6.45, 7) is 9.04. The molecule has 32 heavy (non-hydrogen) atoms. The topological polar surface area (TPSA) is 98.9 Å². The molecule has 7 nitrogen and oxygen atoms in total. The van der Waals surface area contributed by atoms with Gasteiger partial charge in [-0.25, -0.2) is 14.6 Å². The van der Waals surface area contributed by atoms with E-state index in [9.17, 15) is 9.66 Å². The Bertz CT molecular complexity index is 1260. The van der Waals surface area contributed by atoms with E-state index in [1.165, 1.54) is 0 Å². The SMILES string of the molecule is Cc1cccc(-n2ncc3ccc(-c4cccc([C@](C)(O)N[S@+]([O-])C(C)(C)C)n4)cc32)n1. The van der Waals surface area contributed by atoms with E-state index in [0.717, 1.165) is 28.0 Å². The molecule has 3 aromatic heterocycles. The van der Waals surface area contributed by atoms with Crippen LogP contribution in [0.3, 0.4) is 0 Å². The average molecular weight is 450 g/mol. The zero-order chi connectivity index (χ0) is 23.1. The van der Waals surface area contributed by atoms with Gasteiger partial charge >= 0.3 is 0 Å².